The Labute approximate surface area is 136 Å². The van der Waals surface area contributed by atoms with E-state index in [1.54, 1.807) is 0 Å². The van der Waals surface area contributed by atoms with Crippen molar-refractivity contribution < 1.29 is 14.2 Å². The van der Waals surface area contributed by atoms with E-state index in [4.69, 9.17) is 14.2 Å². The van der Waals surface area contributed by atoms with Gasteiger partial charge < -0.3 is 14.2 Å². The summed E-state index contributed by atoms with van der Waals surface area (Å²) >= 11 is 0. The molecule has 2 aliphatic carbocycles. The Kier molecular flexibility index (Phi) is 6.58. The van der Waals surface area contributed by atoms with Crippen LogP contribution in [-0.2, 0) is 14.2 Å². The van der Waals surface area contributed by atoms with Crippen LogP contribution in [0, 0.1) is 17.8 Å². The van der Waals surface area contributed by atoms with Crippen LogP contribution in [0.3, 0.4) is 0 Å². The lowest BCUT2D eigenvalue weighted by Gasteiger charge is -2.31. The van der Waals surface area contributed by atoms with E-state index in [2.05, 4.69) is 6.92 Å². The fraction of sp³-hybridized carbons (Fsp3) is 1.00. The van der Waals surface area contributed by atoms with E-state index < -0.39 is 0 Å². The molecule has 1 unspecified atom stereocenters. The van der Waals surface area contributed by atoms with Crippen LogP contribution >= 0.6 is 0 Å². The summed E-state index contributed by atoms with van der Waals surface area (Å²) in [7, 11) is 0. The molecule has 0 N–H and O–H groups in total. The highest BCUT2D eigenvalue weighted by atomic mass is 16.7. The number of ether oxygens (including phenoxy) is 3. The molecule has 1 aliphatic heterocycles. The van der Waals surface area contributed by atoms with Crippen LogP contribution < -0.4 is 0 Å². The molecule has 0 aromatic heterocycles. The lowest BCUT2D eigenvalue weighted by molar-refractivity contribution is -0.104. The van der Waals surface area contributed by atoms with E-state index in [1.807, 2.05) is 0 Å². The Bertz CT molecular complexity index is 300. The van der Waals surface area contributed by atoms with Gasteiger partial charge in [0.2, 0.25) is 0 Å². The maximum atomic E-state index is 5.84. The van der Waals surface area contributed by atoms with Gasteiger partial charge in [-0.3, -0.25) is 0 Å². The zero-order chi connectivity index (χ0) is 15.2. The van der Waals surface area contributed by atoms with Crippen LogP contribution in [0.5, 0.6) is 0 Å². The number of hydrogen-bond donors (Lipinski definition) is 0. The average molecular weight is 310 g/mol. The second kappa shape index (κ2) is 8.65. The molecular formula is C19H34O3. The van der Waals surface area contributed by atoms with Gasteiger partial charge in [0.1, 0.15) is 12.9 Å². The molecule has 1 atom stereocenters. The molecule has 3 rings (SSSR count). The molecule has 3 fully saturated rings. The zero-order valence-electron chi connectivity index (χ0n) is 14.3. The summed E-state index contributed by atoms with van der Waals surface area (Å²) in [6.45, 7) is 4.44. The van der Waals surface area contributed by atoms with Crippen molar-refractivity contribution in [3.05, 3.63) is 0 Å². The number of hydrogen-bond acceptors (Lipinski definition) is 3. The van der Waals surface area contributed by atoms with E-state index in [1.165, 1.54) is 64.2 Å². The van der Waals surface area contributed by atoms with Gasteiger partial charge in [-0.2, -0.15) is 0 Å². The minimum Gasteiger partial charge on any atom is -0.371 e. The summed E-state index contributed by atoms with van der Waals surface area (Å²) in [6.07, 6.45) is 14.8. The first-order valence-electron chi connectivity index (χ1n) is 9.60. The largest absolute Gasteiger partial charge is 0.371 e. The van der Waals surface area contributed by atoms with Crippen molar-refractivity contribution in [3.63, 3.8) is 0 Å². The summed E-state index contributed by atoms with van der Waals surface area (Å²) in [4.78, 5) is 0. The van der Waals surface area contributed by atoms with Crippen molar-refractivity contribution in [2.45, 2.75) is 83.3 Å². The Morgan fingerprint density at radius 2 is 1.45 bits per heavy atom. The molecule has 22 heavy (non-hydrogen) atoms. The maximum absolute atomic E-state index is 5.84. The van der Waals surface area contributed by atoms with Gasteiger partial charge in [-0.15, -0.1) is 0 Å². The lowest BCUT2D eigenvalue weighted by atomic mass is 9.77. The molecule has 3 nitrogen and oxygen atoms in total. The predicted molar refractivity (Wildman–Crippen MR) is 87.7 cm³/mol. The van der Waals surface area contributed by atoms with Crippen LogP contribution in [0.25, 0.3) is 0 Å². The molecule has 3 heteroatoms. The molecular weight excluding hydrogens is 276 g/mol. The van der Waals surface area contributed by atoms with Crippen LogP contribution in [0.4, 0.5) is 0 Å². The third kappa shape index (κ3) is 5.82. The average Bonchev–Trinajstić information content (AvgIpc) is 3.36. The Morgan fingerprint density at radius 1 is 0.864 bits per heavy atom. The smallest absolute Gasteiger partial charge is 0.147 e. The lowest BCUT2D eigenvalue weighted by Crippen LogP contribution is -2.23. The van der Waals surface area contributed by atoms with Gasteiger partial charge in [0.05, 0.1) is 19.3 Å². The zero-order valence-corrected chi connectivity index (χ0v) is 14.3. The van der Waals surface area contributed by atoms with Gasteiger partial charge in [0.25, 0.3) is 0 Å². The van der Waals surface area contributed by atoms with Gasteiger partial charge in [0.15, 0.2) is 0 Å². The van der Waals surface area contributed by atoms with Crippen molar-refractivity contribution in [1.29, 1.82) is 0 Å². The molecule has 0 aromatic rings. The minimum atomic E-state index is 0.349. The topological polar surface area (TPSA) is 31.0 Å². The molecule has 0 aromatic carbocycles. The van der Waals surface area contributed by atoms with E-state index in [9.17, 15) is 0 Å². The van der Waals surface area contributed by atoms with Crippen molar-refractivity contribution in [1.82, 2.24) is 0 Å². The van der Waals surface area contributed by atoms with Crippen molar-refractivity contribution in [2.75, 3.05) is 20.0 Å². The quantitative estimate of drug-likeness (QED) is 0.374. The molecule has 3 aliphatic rings. The second-order valence-electron chi connectivity index (χ2n) is 7.96. The first-order chi connectivity index (χ1) is 10.8. The van der Waals surface area contributed by atoms with E-state index in [0.29, 0.717) is 25.6 Å². The third-order valence-corrected chi connectivity index (χ3v) is 6.01. The van der Waals surface area contributed by atoms with Crippen molar-refractivity contribution in [2.24, 2.45) is 17.8 Å². The van der Waals surface area contributed by atoms with Gasteiger partial charge in [-0.05, 0) is 43.4 Å². The molecule has 0 radical (unpaired) electrons. The molecule has 1 saturated heterocycles. The molecule has 128 valence electrons. The molecule has 0 amide bonds. The SMILES string of the molecule is CC1CCC(CCC2CCC(OCOCC3CO3)CC2)CC1. The minimum absolute atomic E-state index is 0.349. The van der Waals surface area contributed by atoms with E-state index in [0.717, 1.165) is 24.4 Å². The van der Waals surface area contributed by atoms with Crippen molar-refractivity contribution >= 4 is 0 Å². The van der Waals surface area contributed by atoms with Crippen LogP contribution in [0.2, 0.25) is 0 Å². The Balaban J connectivity index is 1.21. The molecule has 2 saturated carbocycles. The maximum Gasteiger partial charge on any atom is 0.147 e. The highest BCUT2D eigenvalue weighted by molar-refractivity contribution is 4.76. The summed E-state index contributed by atoms with van der Waals surface area (Å²) in [6, 6.07) is 0. The summed E-state index contributed by atoms with van der Waals surface area (Å²) in [5.41, 5.74) is 0. The molecule has 0 bridgehead atoms. The molecule has 1 heterocycles. The second-order valence-corrected chi connectivity index (χ2v) is 7.96. The fourth-order valence-corrected chi connectivity index (χ4v) is 4.16. The first-order valence-corrected chi connectivity index (χ1v) is 9.60. The normalized spacial score (nSPS) is 38.9. The summed E-state index contributed by atoms with van der Waals surface area (Å²) in [5, 5.41) is 0. The monoisotopic (exact) mass is 310 g/mol. The van der Waals surface area contributed by atoms with Gasteiger partial charge in [0, 0.05) is 0 Å². The predicted octanol–water partition coefficient (Wildman–Crippen LogP) is 4.54. The highest BCUT2D eigenvalue weighted by Crippen LogP contribution is 2.35. The molecule has 0 spiro atoms. The summed E-state index contributed by atoms with van der Waals surface area (Å²) < 4.78 is 16.4. The van der Waals surface area contributed by atoms with Gasteiger partial charge in [-0.25, -0.2) is 0 Å². The summed E-state index contributed by atoms with van der Waals surface area (Å²) in [5.74, 6) is 2.97. The van der Waals surface area contributed by atoms with E-state index in [-0.39, 0.29) is 0 Å². The van der Waals surface area contributed by atoms with Crippen LogP contribution in [0.1, 0.15) is 71.1 Å². The third-order valence-electron chi connectivity index (χ3n) is 6.01. The van der Waals surface area contributed by atoms with Crippen LogP contribution in [-0.4, -0.2) is 32.2 Å². The Morgan fingerprint density at radius 3 is 2.05 bits per heavy atom. The fourth-order valence-electron chi connectivity index (χ4n) is 4.16. The standard InChI is InChI=1S/C19H34O3/c1-15-2-4-16(5-3-15)6-7-17-8-10-18(11-9-17)22-14-20-12-19-13-21-19/h15-19H,2-14H2,1H3. The first kappa shape index (κ1) is 16.7. The number of rotatable bonds is 8. The van der Waals surface area contributed by atoms with Gasteiger partial charge >= 0.3 is 0 Å². The number of epoxide rings is 1. The van der Waals surface area contributed by atoms with Gasteiger partial charge in [-0.1, -0.05) is 45.4 Å². The van der Waals surface area contributed by atoms with E-state index >= 15 is 0 Å². The Hall–Kier alpha value is -0.120. The van der Waals surface area contributed by atoms with Crippen molar-refractivity contribution in [3.8, 4) is 0 Å². The highest BCUT2D eigenvalue weighted by Gasteiger charge is 2.25. The van der Waals surface area contributed by atoms with Crippen LogP contribution in [0.15, 0.2) is 0 Å².